The molecule has 1 unspecified atom stereocenters. The zero-order valence-corrected chi connectivity index (χ0v) is 8.19. The molecule has 1 amide bonds. The molecule has 0 aromatic heterocycles. The Balaban J connectivity index is 4.22. The highest BCUT2D eigenvalue weighted by molar-refractivity contribution is 5.86. The summed E-state index contributed by atoms with van der Waals surface area (Å²) in [4.78, 5) is 21.9. The van der Waals surface area contributed by atoms with E-state index in [1.165, 1.54) is 6.08 Å². The lowest BCUT2D eigenvalue weighted by atomic mass is 10.1. The van der Waals surface area contributed by atoms with Crippen molar-refractivity contribution >= 4 is 11.9 Å². The molecule has 5 nitrogen and oxygen atoms in total. The van der Waals surface area contributed by atoms with E-state index in [1.807, 2.05) is 0 Å². The Bertz CT molecular complexity index is 228. The molecule has 0 aliphatic heterocycles. The molecule has 14 heavy (non-hydrogen) atoms. The van der Waals surface area contributed by atoms with E-state index in [9.17, 15) is 9.59 Å². The molecule has 0 saturated carbocycles. The maximum Gasteiger partial charge on any atom is 0.326 e. The van der Waals surface area contributed by atoms with Gasteiger partial charge in [-0.15, -0.1) is 6.58 Å². The molecule has 5 heteroatoms. The van der Waals surface area contributed by atoms with Crippen molar-refractivity contribution in [3.8, 4) is 0 Å². The predicted octanol–water partition coefficient (Wildman–Crippen LogP) is -0.131. The third kappa shape index (κ3) is 4.04. The van der Waals surface area contributed by atoms with Crippen molar-refractivity contribution in [1.29, 1.82) is 0 Å². The Hall–Kier alpha value is -1.36. The van der Waals surface area contributed by atoms with E-state index < -0.39 is 24.0 Å². The third-order valence-corrected chi connectivity index (χ3v) is 1.79. The van der Waals surface area contributed by atoms with E-state index in [2.05, 4.69) is 11.9 Å². The molecule has 0 rings (SSSR count). The molecular weight excluding hydrogens is 184 g/mol. The second-order valence-corrected chi connectivity index (χ2v) is 2.94. The molecule has 80 valence electrons. The van der Waals surface area contributed by atoms with Crippen LogP contribution in [0, 0.1) is 0 Å². The Morgan fingerprint density at radius 2 is 2.21 bits per heavy atom. The molecule has 2 atom stereocenters. The fraction of sp³-hybridized carbons (Fsp3) is 0.556. The van der Waals surface area contributed by atoms with Gasteiger partial charge in [-0.25, -0.2) is 4.79 Å². The second-order valence-electron chi connectivity index (χ2n) is 2.94. The summed E-state index contributed by atoms with van der Waals surface area (Å²) in [5.41, 5.74) is 5.43. The van der Waals surface area contributed by atoms with Crippen LogP contribution in [-0.4, -0.2) is 29.1 Å². The smallest absolute Gasteiger partial charge is 0.326 e. The number of carbonyl (C=O) groups excluding carboxylic acids is 1. The molecular formula is C9H16N2O3. The molecule has 0 saturated heterocycles. The van der Waals surface area contributed by atoms with Crippen molar-refractivity contribution in [2.45, 2.75) is 31.8 Å². The monoisotopic (exact) mass is 200 g/mol. The number of hydrogen-bond acceptors (Lipinski definition) is 3. The maximum atomic E-state index is 11.2. The van der Waals surface area contributed by atoms with Crippen LogP contribution in [0.15, 0.2) is 12.7 Å². The number of amides is 1. The van der Waals surface area contributed by atoms with Gasteiger partial charge in [0.1, 0.15) is 6.04 Å². The second kappa shape index (κ2) is 6.15. The molecule has 0 bridgehead atoms. The first-order valence-corrected chi connectivity index (χ1v) is 4.42. The van der Waals surface area contributed by atoms with E-state index in [1.54, 1.807) is 6.92 Å². The maximum absolute atomic E-state index is 11.2. The van der Waals surface area contributed by atoms with Gasteiger partial charge in [0, 0.05) is 0 Å². The predicted molar refractivity (Wildman–Crippen MR) is 52.6 cm³/mol. The van der Waals surface area contributed by atoms with E-state index in [-0.39, 0.29) is 6.42 Å². The Labute approximate surface area is 83.0 Å². The molecule has 0 heterocycles. The van der Waals surface area contributed by atoms with Crippen LogP contribution >= 0.6 is 0 Å². The molecule has 4 N–H and O–H groups in total. The topological polar surface area (TPSA) is 92.4 Å². The van der Waals surface area contributed by atoms with E-state index in [4.69, 9.17) is 10.8 Å². The summed E-state index contributed by atoms with van der Waals surface area (Å²) >= 11 is 0. The van der Waals surface area contributed by atoms with E-state index in [0.717, 1.165) is 0 Å². The van der Waals surface area contributed by atoms with Gasteiger partial charge in [0.15, 0.2) is 0 Å². The van der Waals surface area contributed by atoms with Gasteiger partial charge < -0.3 is 16.2 Å². The average Bonchev–Trinajstić information content (AvgIpc) is 2.15. The van der Waals surface area contributed by atoms with Gasteiger partial charge in [-0.2, -0.15) is 0 Å². The Kier molecular flexibility index (Phi) is 5.55. The lowest BCUT2D eigenvalue weighted by Crippen LogP contribution is -2.47. The number of nitrogens with one attached hydrogen (secondary N) is 1. The fourth-order valence-electron chi connectivity index (χ4n) is 0.852. The van der Waals surface area contributed by atoms with Gasteiger partial charge in [-0.1, -0.05) is 13.0 Å². The van der Waals surface area contributed by atoms with Crippen molar-refractivity contribution in [2.24, 2.45) is 5.73 Å². The van der Waals surface area contributed by atoms with Crippen LogP contribution in [0.25, 0.3) is 0 Å². The molecule has 0 radical (unpaired) electrons. The summed E-state index contributed by atoms with van der Waals surface area (Å²) in [5, 5.41) is 11.0. The number of hydrogen-bond donors (Lipinski definition) is 3. The summed E-state index contributed by atoms with van der Waals surface area (Å²) in [5.74, 6) is -1.52. The van der Waals surface area contributed by atoms with Gasteiger partial charge in [0.05, 0.1) is 6.04 Å². The summed E-state index contributed by atoms with van der Waals surface area (Å²) in [6.07, 6.45) is 2.11. The highest BCUT2D eigenvalue weighted by Crippen LogP contribution is 1.95. The van der Waals surface area contributed by atoms with Gasteiger partial charge in [0.2, 0.25) is 5.91 Å². The van der Waals surface area contributed by atoms with Crippen LogP contribution in [0.5, 0.6) is 0 Å². The van der Waals surface area contributed by atoms with Gasteiger partial charge in [-0.3, -0.25) is 4.79 Å². The minimum Gasteiger partial charge on any atom is -0.480 e. The summed E-state index contributed by atoms with van der Waals surface area (Å²) in [7, 11) is 0. The summed E-state index contributed by atoms with van der Waals surface area (Å²) in [6.45, 7) is 5.17. The number of nitrogens with two attached hydrogens (primary N) is 1. The van der Waals surface area contributed by atoms with Crippen molar-refractivity contribution in [3.63, 3.8) is 0 Å². The fourth-order valence-corrected chi connectivity index (χ4v) is 0.852. The van der Waals surface area contributed by atoms with Crippen LogP contribution in [0.4, 0.5) is 0 Å². The first-order valence-electron chi connectivity index (χ1n) is 4.42. The summed E-state index contributed by atoms with van der Waals surface area (Å²) < 4.78 is 0. The van der Waals surface area contributed by atoms with Crippen LogP contribution < -0.4 is 11.1 Å². The van der Waals surface area contributed by atoms with Gasteiger partial charge in [0.25, 0.3) is 0 Å². The van der Waals surface area contributed by atoms with E-state index in [0.29, 0.717) is 6.42 Å². The highest BCUT2D eigenvalue weighted by Gasteiger charge is 2.20. The minimum atomic E-state index is -1.08. The zero-order valence-electron chi connectivity index (χ0n) is 8.19. The van der Waals surface area contributed by atoms with Gasteiger partial charge in [-0.05, 0) is 12.8 Å². The van der Waals surface area contributed by atoms with Crippen LogP contribution in [-0.2, 0) is 9.59 Å². The number of carbonyl (C=O) groups is 2. The Morgan fingerprint density at radius 3 is 2.57 bits per heavy atom. The van der Waals surface area contributed by atoms with Crippen molar-refractivity contribution in [2.75, 3.05) is 0 Å². The zero-order chi connectivity index (χ0) is 11.1. The van der Waals surface area contributed by atoms with Crippen LogP contribution in [0.1, 0.15) is 19.8 Å². The molecule has 0 aliphatic rings. The van der Waals surface area contributed by atoms with Crippen LogP contribution in [0.2, 0.25) is 0 Å². The highest BCUT2D eigenvalue weighted by atomic mass is 16.4. The molecule has 0 aliphatic carbocycles. The molecule has 0 aromatic rings. The normalized spacial score (nSPS) is 14.1. The molecule has 0 aromatic carbocycles. The lowest BCUT2D eigenvalue weighted by molar-refractivity contribution is -0.141. The number of carboxylic acids is 1. The largest absolute Gasteiger partial charge is 0.480 e. The number of rotatable bonds is 6. The van der Waals surface area contributed by atoms with Crippen molar-refractivity contribution in [3.05, 3.63) is 12.7 Å². The first-order chi connectivity index (χ1) is 6.52. The Morgan fingerprint density at radius 1 is 1.64 bits per heavy atom. The lowest BCUT2D eigenvalue weighted by Gasteiger charge is -2.15. The van der Waals surface area contributed by atoms with Gasteiger partial charge >= 0.3 is 5.97 Å². The SMILES string of the molecule is C=CCC(NC(=O)[C@H](N)CC)C(=O)O. The standard InChI is InChI=1S/C9H16N2O3/c1-3-5-7(9(13)14)11-8(12)6(10)4-2/h3,6-7H,1,4-5,10H2,2H3,(H,11,12)(H,13,14)/t6-,7?/m1/s1. The third-order valence-electron chi connectivity index (χ3n) is 1.79. The van der Waals surface area contributed by atoms with E-state index >= 15 is 0 Å². The quantitative estimate of drug-likeness (QED) is 0.521. The first kappa shape index (κ1) is 12.6. The minimum absolute atomic E-state index is 0.192. The van der Waals surface area contributed by atoms with Crippen molar-refractivity contribution < 1.29 is 14.7 Å². The van der Waals surface area contributed by atoms with Crippen molar-refractivity contribution in [1.82, 2.24) is 5.32 Å². The number of carboxylic acid groups (broad SMARTS) is 1. The number of aliphatic carboxylic acids is 1. The summed E-state index contributed by atoms with van der Waals surface area (Å²) in [6, 6.07) is -1.58. The molecule has 0 spiro atoms. The molecule has 0 fully saturated rings. The van der Waals surface area contributed by atoms with Crippen LogP contribution in [0.3, 0.4) is 0 Å². The average molecular weight is 200 g/mol.